The molecule has 2 aliphatic rings. The normalized spacial score (nSPS) is 21.1. The van der Waals surface area contributed by atoms with Crippen molar-refractivity contribution >= 4 is 23.3 Å². The summed E-state index contributed by atoms with van der Waals surface area (Å²) in [6.45, 7) is 6.08. The van der Waals surface area contributed by atoms with Gasteiger partial charge in [0.25, 0.3) is 0 Å². The third-order valence-electron chi connectivity index (χ3n) is 8.06. The molecule has 1 aliphatic heterocycles. The third-order valence-corrected chi connectivity index (χ3v) is 8.06. The Balaban J connectivity index is 1.53. The molecule has 3 amide bonds. The topological polar surface area (TPSA) is 94.1 Å². The lowest BCUT2D eigenvalue weighted by Gasteiger charge is -2.35. The second kappa shape index (κ2) is 13.9. The highest BCUT2D eigenvalue weighted by molar-refractivity contribution is 5.99. The van der Waals surface area contributed by atoms with Crippen molar-refractivity contribution in [1.82, 2.24) is 9.80 Å². The minimum Gasteiger partial charge on any atom is -0.488 e. The lowest BCUT2D eigenvalue weighted by atomic mass is 9.89. The maximum absolute atomic E-state index is 13.4. The largest absolute Gasteiger partial charge is 0.488 e. The Bertz CT molecular complexity index is 1140. The number of aliphatic hydroxyl groups excluding tert-OH is 1. The van der Waals surface area contributed by atoms with E-state index in [1.54, 1.807) is 17.0 Å². The quantitative estimate of drug-likeness (QED) is 0.421. The summed E-state index contributed by atoms with van der Waals surface area (Å²) < 4.78 is 19.8. The molecule has 9 heteroatoms. The average molecular weight is 555 g/mol. The van der Waals surface area contributed by atoms with Gasteiger partial charge in [-0.3, -0.25) is 4.79 Å². The van der Waals surface area contributed by atoms with Crippen LogP contribution in [0.3, 0.4) is 0 Å². The first kappa shape index (κ1) is 29.8. The lowest BCUT2D eigenvalue weighted by Crippen LogP contribution is -2.48. The predicted octanol–water partition coefficient (Wildman–Crippen LogP) is 5.13. The van der Waals surface area contributed by atoms with Gasteiger partial charge in [-0.1, -0.05) is 26.2 Å². The summed E-state index contributed by atoms with van der Waals surface area (Å²) in [5.41, 5.74) is 1.64. The Morgan fingerprint density at radius 2 is 1.77 bits per heavy atom. The van der Waals surface area contributed by atoms with Gasteiger partial charge in [-0.15, -0.1) is 0 Å². The molecular weight excluding hydrogens is 511 g/mol. The first-order valence-corrected chi connectivity index (χ1v) is 14.4. The van der Waals surface area contributed by atoms with E-state index in [0.29, 0.717) is 35.2 Å². The molecule has 218 valence electrons. The molecule has 0 aromatic heterocycles. The molecule has 0 spiro atoms. The molecule has 2 aromatic carbocycles. The Kier molecular flexibility index (Phi) is 10.4. The maximum Gasteiger partial charge on any atom is 0.323 e. The van der Waals surface area contributed by atoms with Gasteiger partial charge in [0.1, 0.15) is 17.7 Å². The predicted molar refractivity (Wildman–Crippen MR) is 155 cm³/mol. The summed E-state index contributed by atoms with van der Waals surface area (Å²) in [6, 6.07) is 10.0. The van der Waals surface area contributed by atoms with E-state index in [2.05, 4.69) is 29.5 Å². The van der Waals surface area contributed by atoms with Crippen LogP contribution in [-0.4, -0.2) is 72.3 Å². The number of ether oxygens (including phenoxy) is 1. The van der Waals surface area contributed by atoms with Gasteiger partial charge in [0.2, 0.25) is 5.91 Å². The van der Waals surface area contributed by atoms with Crippen LogP contribution in [0, 0.1) is 17.7 Å². The molecule has 1 saturated carbocycles. The Labute approximate surface area is 236 Å². The second-order valence-corrected chi connectivity index (χ2v) is 11.5. The van der Waals surface area contributed by atoms with Crippen LogP contribution >= 0.6 is 0 Å². The zero-order valence-electron chi connectivity index (χ0n) is 23.9. The number of benzene rings is 2. The molecule has 8 nitrogen and oxygen atoms in total. The molecule has 1 aliphatic carbocycles. The van der Waals surface area contributed by atoms with Crippen LogP contribution in [0.4, 0.5) is 20.6 Å². The minimum absolute atomic E-state index is 0.0389. The van der Waals surface area contributed by atoms with Crippen LogP contribution in [0.25, 0.3) is 0 Å². The summed E-state index contributed by atoms with van der Waals surface area (Å²) in [6.07, 6.45) is 6.41. The number of fused-ring (bicyclic) bond motifs is 1. The number of halogens is 1. The number of aliphatic hydroxyl groups is 1. The van der Waals surface area contributed by atoms with Crippen molar-refractivity contribution in [2.24, 2.45) is 11.8 Å². The highest BCUT2D eigenvalue weighted by Gasteiger charge is 2.31. The number of carbonyl (C=O) groups excluding carboxylic acids is 2. The van der Waals surface area contributed by atoms with Gasteiger partial charge in [-0.25, -0.2) is 9.18 Å². The van der Waals surface area contributed by atoms with Gasteiger partial charge in [0.15, 0.2) is 0 Å². The number of carbonyl (C=O) groups is 2. The fraction of sp³-hybridized carbons (Fsp3) is 0.548. The zero-order chi connectivity index (χ0) is 28.6. The number of urea groups is 1. The summed E-state index contributed by atoms with van der Waals surface area (Å²) >= 11 is 0. The number of anilines is 2. The SMILES string of the molecule is C[C@@H]1CN([C@H](C)CO)C(=O)Cc2cc(NC(=O)Nc3ccc(F)cc3)ccc2O[C@H]1CN(C)CC1CCCCC1. The fourth-order valence-corrected chi connectivity index (χ4v) is 5.74. The maximum atomic E-state index is 13.4. The van der Waals surface area contributed by atoms with E-state index in [4.69, 9.17) is 4.74 Å². The van der Waals surface area contributed by atoms with Crippen LogP contribution in [0.2, 0.25) is 0 Å². The van der Waals surface area contributed by atoms with Gasteiger partial charge < -0.3 is 30.3 Å². The van der Waals surface area contributed by atoms with Crippen molar-refractivity contribution in [3.8, 4) is 5.75 Å². The van der Waals surface area contributed by atoms with Crippen LogP contribution in [0.15, 0.2) is 42.5 Å². The smallest absolute Gasteiger partial charge is 0.323 e. The first-order valence-electron chi connectivity index (χ1n) is 14.4. The standard InChI is InChI=1S/C31H43FN4O4/c1-21-17-36(22(2)20-37)30(38)16-24-15-27(34-31(39)33-26-11-9-25(32)10-12-26)13-14-28(24)40-29(21)19-35(3)18-23-7-5-4-6-8-23/h9-15,21-23,29,37H,4-8,16-20H2,1-3H3,(H2,33,34,39)/t21-,22-,29+/m1/s1. The average Bonchev–Trinajstić information content (AvgIpc) is 2.97. The summed E-state index contributed by atoms with van der Waals surface area (Å²) in [5.74, 6) is 0.893. The van der Waals surface area contributed by atoms with Gasteiger partial charge >= 0.3 is 6.03 Å². The van der Waals surface area contributed by atoms with E-state index in [9.17, 15) is 19.1 Å². The number of likely N-dealkylation sites (N-methyl/N-ethyl adjacent to an activating group) is 1. The fourth-order valence-electron chi connectivity index (χ4n) is 5.74. The molecule has 0 radical (unpaired) electrons. The molecule has 4 rings (SSSR count). The van der Waals surface area contributed by atoms with Crippen molar-refractivity contribution in [3.05, 3.63) is 53.8 Å². The molecule has 3 atom stereocenters. The van der Waals surface area contributed by atoms with Crippen molar-refractivity contribution in [2.75, 3.05) is 43.9 Å². The Hall–Kier alpha value is -3.17. The molecule has 0 unspecified atom stereocenters. The Morgan fingerprint density at radius 1 is 1.10 bits per heavy atom. The molecule has 0 saturated heterocycles. The number of nitrogens with zero attached hydrogens (tertiary/aromatic N) is 2. The highest BCUT2D eigenvalue weighted by atomic mass is 19.1. The van der Waals surface area contributed by atoms with E-state index in [1.807, 2.05) is 13.0 Å². The second-order valence-electron chi connectivity index (χ2n) is 11.5. The monoisotopic (exact) mass is 554 g/mol. The Morgan fingerprint density at radius 3 is 2.48 bits per heavy atom. The molecule has 2 aromatic rings. The first-order chi connectivity index (χ1) is 19.2. The van der Waals surface area contributed by atoms with E-state index in [-0.39, 0.29) is 42.8 Å². The third kappa shape index (κ3) is 8.17. The zero-order valence-corrected chi connectivity index (χ0v) is 23.9. The van der Waals surface area contributed by atoms with Crippen molar-refractivity contribution in [2.45, 2.75) is 64.5 Å². The van der Waals surface area contributed by atoms with E-state index in [1.165, 1.54) is 56.4 Å². The van der Waals surface area contributed by atoms with E-state index in [0.717, 1.165) is 13.1 Å². The molecular formula is C31H43FN4O4. The summed E-state index contributed by atoms with van der Waals surface area (Å²) in [7, 11) is 2.14. The van der Waals surface area contributed by atoms with Crippen molar-refractivity contribution in [1.29, 1.82) is 0 Å². The molecule has 3 N–H and O–H groups in total. The van der Waals surface area contributed by atoms with Gasteiger partial charge in [-0.2, -0.15) is 0 Å². The minimum atomic E-state index is -0.478. The number of hydrogen-bond acceptors (Lipinski definition) is 5. The highest BCUT2D eigenvalue weighted by Crippen LogP contribution is 2.30. The van der Waals surface area contributed by atoms with E-state index >= 15 is 0 Å². The molecule has 40 heavy (non-hydrogen) atoms. The van der Waals surface area contributed by atoms with Gasteiger partial charge in [-0.05, 0) is 75.2 Å². The number of hydrogen-bond donors (Lipinski definition) is 3. The van der Waals surface area contributed by atoms with Crippen LogP contribution < -0.4 is 15.4 Å². The van der Waals surface area contributed by atoms with Gasteiger partial charge in [0, 0.05) is 42.5 Å². The number of nitrogens with one attached hydrogen (secondary N) is 2. The summed E-state index contributed by atoms with van der Waals surface area (Å²) in [5, 5.41) is 15.4. The molecule has 1 fully saturated rings. The van der Waals surface area contributed by atoms with Crippen LogP contribution in [0.1, 0.15) is 51.5 Å². The molecule has 1 heterocycles. The lowest BCUT2D eigenvalue weighted by molar-refractivity contribution is -0.134. The van der Waals surface area contributed by atoms with Crippen molar-refractivity contribution < 1.29 is 23.8 Å². The molecule has 0 bridgehead atoms. The van der Waals surface area contributed by atoms with Crippen LogP contribution in [0.5, 0.6) is 5.75 Å². The number of amides is 3. The van der Waals surface area contributed by atoms with Gasteiger partial charge in [0.05, 0.1) is 19.1 Å². The van der Waals surface area contributed by atoms with Crippen molar-refractivity contribution in [3.63, 3.8) is 0 Å². The summed E-state index contributed by atoms with van der Waals surface area (Å²) in [4.78, 5) is 30.1. The van der Waals surface area contributed by atoms with E-state index < -0.39 is 6.03 Å². The number of rotatable bonds is 8. The van der Waals surface area contributed by atoms with Crippen LogP contribution in [-0.2, 0) is 11.2 Å².